The van der Waals surface area contributed by atoms with E-state index < -0.39 is 34.1 Å². The van der Waals surface area contributed by atoms with Crippen LogP contribution in [-0.2, 0) is 17.4 Å². The molecule has 0 saturated heterocycles. The monoisotopic (exact) mass is 408 g/mol. The summed E-state index contributed by atoms with van der Waals surface area (Å²) >= 11 is 0. The third kappa shape index (κ3) is 4.75. The molecule has 150 valence electrons. The minimum atomic E-state index is -4.91. The molecule has 2 aromatic carbocycles. The van der Waals surface area contributed by atoms with Gasteiger partial charge < -0.3 is 5.32 Å². The number of carbonyl (C=O) groups is 1. The smallest absolute Gasteiger partial charge is 0.326 e. The maximum atomic E-state index is 13.1. The van der Waals surface area contributed by atoms with E-state index in [1.165, 1.54) is 36.5 Å². The van der Waals surface area contributed by atoms with Gasteiger partial charge in [0.25, 0.3) is 5.69 Å². The Kier molecular flexibility index (Phi) is 5.31. The minimum Gasteiger partial charge on any atom is -0.326 e. The first-order chi connectivity index (χ1) is 13.6. The number of nitrogens with zero attached hydrogens (tertiary/aromatic N) is 3. The highest BCUT2D eigenvalue weighted by molar-refractivity contribution is 5.91. The van der Waals surface area contributed by atoms with Crippen molar-refractivity contribution in [2.24, 2.45) is 0 Å². The van der Waals surface area contributed by atoms with Gasteiger partial charge in [-0.05, 0) is 42.5 Å². The quantitative estimate of drug-likeness (QED) is 0.391. The highest BCUT2D eigenvalue weighted by Gasteiger charge is 2.38. The molecule has 0 radical (unpaired) electrons. The molecule has 0 atom stereocenters. The Labute approximate surface area is 160 Å². The van der Waals surface area contributed by atoms with E-state index in [4.69, 9.17) is 0 Å². The Hall–Kier alpha value is -3.76. The minimum absolute atomic E-state index is 0.0480. The average molecular weight is 408 g/mol. The summed E-state index contributed by atoms with van der Waals surface area (Å²) in [6, 6.07) is 9.03. The topological polar surface area (TPSA) is 90.1 Å². The molecule has 0 bridgehead atoms. The van der Waals surface area contributed by atoms with Crippen molar-refractivity contribution in [3.05, 3.63) is 81.9 Å². The van der Waals surface area contributed by atoms with Crippen molar-refractivity contribution in [2.45, 2.75) is 12.6 Å². The van der Waals surface area contributed by atoms with Gasteiger partial charge in [-0.2, -0.15) is 18.3 Å². The maximum Gasteiger partial charge on any atom is 0.423 e. The number of aromatic nitrogens is 2. The van der Waals surface area contributed by atoms with Gasteiger partial charge in [0.05, 0.1) is 22.7 Å². The number of nitro benzene ring substituents is 1. The molecule has 0 aliphatic carbocycles. The number of carbonyl (C=O) groups excluding carboxylic acids is 1. The lowest BCUT2D eigenvalue weighted by atomic mass is 10.1. The highest BCUT2D eigenvalue weighted by Crippen LogP contribution is 2.37. The van der Waals surface area contributed by atoms with Gasteiger partial charge in [0.1, 0.15) is 11.4 Å². The fourth-order valence-electron chi connectivity index (χ4n) is 2.56. The van der Waals surface area contributed by atoms with Crippen molar-refractivity contribution < 1.29 is 27.3 Å². The number of nitro groups is 1. The summed E-state index contributed by atoms with van der Waals surface area (Å²) in [5.74, 6) is -0.912. The molecule has 0 aliphatic rings. The predicted octanol–water partition coefficient (Wildman–Crippen LogP) is 4.12. The van der Waals surface area contributed by atoms with Gasteiger partial charge in [-0.25, -0.2) is 9.07 Å². The lowest BCUT2D eigenvalue weighted by molar-refractivity contribution is -0.388. The molecule has 1 aromatic heterocycles. The van der Waals surface area contributed by atoms with Crippen LogP contribution in [0, 0.1) is 15.9 Å². The average Bonchev–Trinajstić information content (AvgIpc) is 3.10. The molecule has 3 aromatic rings. The van der Waals surface area contributed by atoms with E-state index in [2.05, 4.69) is 10.4 Å². The molecule has 0 spiro atoms. The fraction of sp³-hybridized carbons (Fsp3) is 0.111. The Morgan fingerprint density at radius 1 is 1.14 bits per heavy atom. The van der Waals surface area contributed by atoms with E-state index in [0.29, 0.717) is 11.8 Å². The van der Waals surface area contributed by atoms with E-state index in [0.717, 1.165) is 16.8 Å². The summed E-state index contributed by atoms with van der Waals surface area (Å²) in [5.41, 5.74) is -1.87. The van der Waals surface area contributed by atoms with Gasteiger partial charge in [0, 0.05) is 18.0 Å². The van der Waals surface area contributed by atoms with E-state index in [1.54, 1.807) is 0 Å². The zero-order valence-electron chi connectivity index (χ0n) is 14.5. The first-order valence-corrected chi connectivity index (χ1v) is 8.09. The van der Waals surface area contributed by atoms with Crippen LogP contribution < -0.4 is 5.32 Å². The van der Waals surface area contributed by atoms with Crippen LogP contribution in [0.5, 0.6) is 0 Å². The number of anilines is 1. The van der Waals surface area contributed by atoms with E-state index in [9.17, 15) is 32.5 Å². The molecule has 29 heavy (non-hydrogen) atoms. The molecular formula is C18H12F4N4O3. The molecule has 1 amide bonds. The second-order valence-corrected chi connectivity index (χ2v) is 5.94. The SMILES string of the molecule is O=C(Cc1ccn(-c2ccc([N+](=O)[O-])c(C(F)(F)F)c2)n1)Nc1ccc(F)cc1. The molecule has 7 nitrogen and oxygen atoms in total. The summed E-state index contributed by atoms with van der Waals surface area (Å²) in [4.78, 5) is 21.8. The Morgan fingerprint density at radius 2 is 1.83 bits per heavy atom. The first-order valence-electron chi connectivity index (χ1n) is 8.09. The summed E-state index contributed by atoms with van der Waals surface area (Å²) < 4.78 is 53.3. The summed E-state index contributed by atoms with van der Waals surface area (Å²) in [6.07, 6.45) is -3.76. The molecule has 1 N–H and O–H groups in total. The van der Waals surface area contributed by atoms with E-state index >= 15 is 0 Å². The van der Waals surface area contributed by atoms with E-state index in [1.807, 2.05) is 0 Å². The molecule has 11 heteroatoms. The molecule has 0 fully saturated rings. The lowest BCUT2D eigenvalue weighted by Gasteiger charge is -2.09. The summed E-state index contributed by atoms with van der Waals surface area (Å²) in [5, 5.41) is 17.4. The van der Waals surface area contributed by atoms with E-state index in [-0.39, 0.29) is 17.8 Å². The van der Waals surface area contributed by atoms with Crippen molar-refractivity contribution in [1.29, 1.82) is 0 Å². The first kappa shape index (κ1) is 20.0. The van der Waals surface area contributed by atoms with Gasteiger partial charge in [-0.1, -0.05) is 0 Å². The van der Waals surface area contributed by atoms with Crippen LogP contribution in [0.2, 0.25) is 0 Å². The van der Waals surface area contributed by atoms with Crippen LogP contribution in [0.1, 0.15) is 11.3 Å². The van der Waals surface area contributed by atoms with Crippen molar-refractivity contribution in [3.8, 4) is 5.69 Å². The Morgan fingerprint density at radius 3 is 2.45 bits per heavy atom. The second-order valence-electron chi connectivity index (χ2n) is 5.94. The number of hydrogen-bond donors (Lipinski definition) is 1. The highest BCUT2D eigenvalue weighted by atomic mass is 19.4. The number of benzene rings is 2. The van der Waals surface area contributed by atoms with Crippen LogP contribution in [0.4, 0.5) is 28.9 Å². The maximum absolute atomic E-state index is 13.1. The molecule has 0 saturated carbocycles. The molecule has 0 aliphatic heterocycles. The summed E-state index contributed by atoms with van der Waals surface area (Å²) in [7, 11) is 0. The van der Waals surface area contributed by atoms with Crippen molar-refractivity contribution in [2.75, 3.05) is 5.32 Å². The number of halogens is 4. The number of nitrogens with one attached hydrogen (secondary N) is 1. The number of amides is 1. The van der Waals surface area contributed by atoms with Crippen molar-refractivity contribution in [3.63, 3.8) is 0 Å². The third-order valence-electron chi connectivity index (χ3n) is 3.86. The van der Waals surface area contributed by atoms with Crippen LogP contribution in [0.15, 0.2) is 54.7 Å². The van der Waals surface area contributed by atoms with Crippen molar-refractivity contribution >= 4 is 17.3 Å². The standard InChI is InChI=1S/C18H12F4N4O3/c19-11-1-3-12(4-2-11)23-17(27)9-13-7-8-25(24-13)14-5-6-16(26(28)29)15(10-14)18(20,21)22/h1-8,10H,9H2,(H,23,27). The molecule has 3 rings (SSSR count). The zero-order chi connectivity index (χ0) is 21.2. The van der Waals surface area contributed by atoms with Gasteiger partial charge in [0.15, 0.2) is 0 Å². The van der Waals surface area contributed by atoms with Gasteiger partial charge in [-0.3, -0.25) is 14.9 Å². The molecular weight excluding hydrogens is 396 g/mol. The number of alkyl halides is 3. The van der Waals surface area contributed by atoms with Crippen LogP contribution >= 0.6 is 0 Å². The molecule has 1 heterocycles. The van der Waals surface area contributed by atoms with Gasteiger partial charge in [-0.15, -0.1) is 0 Å². The van der Waals surface area contributed by atoms with Gasteiger partial charge >= 0.3 is 6.18 Å². The van der Waals surface area contributed by atoms with Crippen LogP contribution in [0.3, 0.4) is 0 Å². The Bertz CT molecular complexity index is 1060. The summed E-state index contributed by atoms with van der Waals surface area (Å²) in [6.45, 7) is 0. The van der Waals surface area contributed by atoms with Crippen LogP contribution in [-0.4, -0.2) is 20.6 Å². The lowest BCUT2D eigenvalue weighted by Crippen LogP contribution is -2.15. The second kappa shape index (κ2) is 7.70. The normalized spacial score (nSPS) is 11.3. The molecule has 0 unspecified atom stereocenters. The Balaban J connectivity index is 1.78. The van der Waals surface area contributed by atoms with Crippen LogP contribution in [0.25, 0.3) is 5.69 Å². The fourth-order valence-corrected chi connectivity index (χ4v) is 2.56. The number of rotatable bonds is 5. The predicted molar refractivity (Wildman–Crippen MR) is 94.0 cm³/mol. The number of hydrogen-bond acceptors (Lipinski definition) is 4. The van der Waals surface area contributed by atoms with Crippen molar-refractivity contribution in [1.82, 2.24) is 9.78 Å². The largest absolute Gasteiger partial charge is 0.423 e. The zero-order valence-corrected chi connectivity index (χ0v) is 14.5. The third-order valence-corrected chi connectivity index (χ3v) is 3.86. The van der Waals surface area contributed by atoms with Gasteiger partial charge in [0.2, 0.25) is 5.91 Å².